The highest BCUT2D eigenvalue weighted by atomic mass is 16.3. The number of hydrogen-bond acceptors (Lipinski definition) is 4. The minimum absolute atomic E-state index is 0.663. The van der Waals surface area contributed by atoms with Gasteiger partial charge >= 0.3 is 0 Å². The molecule has 2 radical (unpaired) electrons. The average molecular weight is 262 g/mol. The minimum atomic E-state index is -1.01. The van der Waals surface area contributed by atoms with Gasteiger partial charge in [0.15, 0.2) is 0 Å². The Kier molecular flexibility index (Phi) is 6.26. The van der Waals surface area contributed by atoms with Crippen LogP contribution in [0.15, 0.2) is 23.2 Å². The van der Waals surface area contributed by atoms with Gasteiger partial charge in [-0.3, -0.25) is 4.99 Å². The molecule has 19 heavy (non-hydrogen) atoms. The van der Waals surface area contributed by atoms with E-state index in [0.717, 1.165) is 5.56 Å². The van der Waals surface area contributed by atoms with Crippen LogP contribution in [-0.2, 0) is 0 Å². The van der Waals surface area contributed by atoms with E-state index in [1.165, 1.54) is 0 Å². The van der Waals surface area contributed by atoms with Crippen LogP contribution in [0, 0.1) is 0 Å². The molecule has 0 aromatic heterocycles. The number of benzene rings is 1. The quantitative estimate of drug-likeness (QED) is 0.416. The zero-order chi connectivity index (χ0) is 15.3. The second kappa shape index (κ2) is 6.73. The molecular formula is C14H23BN2O2. The summed E-state index contributed by atoms with van der Waals surface area (Å²) >= 11 is 0. The molecule has 0 aliphatic heterocycles. The number of aliphatic hydroxyl groups is 2. The molecule has 0 spiro atoms. The van der Waals surface area contributed by atoms with Crippen LogP contribution in [-0.4, -0.2) is 42.5 Å². The zero-order valence-corrected chi connectivity index (χ0v) is 12.3. The number of hydrogen-bond donors (Lipinski definition) is 3. The molecule has 5 heteroatoms. The maximum absolute atomic E-state index is 9.10. The van der Waals surface area contributed by atoms with E-state index in [2.05, 4.69) is 4.99 Å². The molecular weight excluding hydrogens is 239 g/mol. The van der Waals surface area contributed by atoms with Gasteiger partial charge in [0.05, 0.1) is 11.2 Å². The first-order chi connectivity index (χ1) is 8.50. The maximum Gasteiger partial charge on any atom is 0.114 e. The normalized spacial score (nSPS) is 12.2. The number of nitrogens with two attached hydrogens (primary N) is 1. The Hall–Kier alpha value is -1.33. The summed E-state index contributed by atoms with van der Waals surface area (Å²) < 4.78 is 0. The molecule has 0 amide bonds. The lowest BCUT2D eigenvalue weighted by atomic mass is 9.90. The summed E-state index contributed by atoms with van der Waals surface area (Å²) in [4.78, 5) is 3.84. The van der Waals surface area contributed by atoms with Gasteiger partial charge in [-0.25, -0.2) is 0 Å². The predicted octanol–water partition coefficient (Wildman–Crippen LogP) is 0.639. The van der Waals surface area contributed by atoms with Gasteiger partial charge in [0.25, 0.3) is 0 Å². The SMILES string of the molecule is CC(C)(O)C(C)(C)O.[B]c1cccc(N)c1C=NC. The maximum atomic E-state index is 9.10. The van der Waals surface area contributed by atoms with Gasteiger partial charge in [-0.2, -0.15) is 0 Å². The Labute approximate surface area is 116 Å². The first-order valence-electron chi connectivity index (χ1n) is 6.01. The van der Waals surface area contributed by atoms with Crippen molar-refractivity contribution in [2.75, 3.05) is 12.8 Å². The second-order valence-electron chi connectivity index (χ2n) is 5.36. The molecule has 1 aromatic rings. The van der Waals surface area contributed by atoms with Crippen molar-refractivity contribution in [2.24, 2.45) is 4.99 Å². The second-order valence-corrected chi connectivity index (χ2v) is 5.36. The van der Waals surface area contributed by atoms with Gasteiger partial charge in [0.1, 0.15) is 7.85 Å². The Balaban J connectivity index is 0.000000362. The topological polar surface area (TPSA) is 78.8 Å². The standard InChI is InChI=1S/C8H9BN2.C6H14O2/c1-11-5-6-7(9)3-2-4-8(6)10;1-5(2,7)6(3,4)8/h2-5H,10H2,1H3;7-8H,1-4H3. The average Bonchev–Trinajstić information content (AvgIpc) is 2.22. The fraction of sp³-hybridized carbons (Fsp3) is 0.500. The van der Waals surface area contributed by atoms with E-state index in [1.807, 2.05) is 6.07 Å². The van der Waals surface area contributed by atoms with Gasteiger partial charge in [-0.1, -0.05) is 17.6 Å². The van der Waals surface area contributed by atoms with Crippen LogP contribution in [0.5, 0.6) is 0 Å². The number of nitrogens with zero attached hydrogens (tertiary/aromatic N) is 1. The van der Waals surface area contributed by atoms with Crippen molar-refractivity contribution < 1.29 is 10.2 Å². The third-order valence-electron chi connectivity index (χ3n) is 2.93. The highest BCUT2D eigenvalue weighted by Gasteiger charge is 2.31. The van der Waals surface area contributed by atoms with Crippen LogP contribution in [0.2, 0.25) is 0 Å². The number of nitrogen functional groups attached to an aromatic ring is 1. The van der Waals surface area contributed by atoms with E-state index >= 15 is 0 Å². The summed E-state index contributed by atoms with van der Waals surface area (Å²) in [5.74, 6) is 0. The lowest BCUT2D eigenvalue weighted by Crippen LogP contribution is -2.44. The Morgan fingerprint density at radius 1 is 1.16 bits per heavy atom. The van der Waals surface area contributed by atoms with Crippen LogP contribution in [0.1, 0.15) is 33.3 Å². The molecule has 0 saturated carbocycles. The van der Waals surface area contributed by atoms with Crippen LogP contribution in [0.25, 0.3) is 0 Å². The van der Waals surface area contributed by atoms with Crippen molar-refractivity contribution in [3.63, 3.8) is 0 Å². The van der Waals surface area contributed by atoms with Gasteiger partial charge in [0.2, 0.25) is 0 Å². The van der Waals surface area contributed by atoms with E-state index in [1.54, 1.807) is 53.1 Å². The smallest absolute Gasteiger partial charge is 0.114 e. The van der Waals surface area contributed by atoms with Gasteiger partial charge < -0.3 is 15.9 Å². The van der Waals surface area contributed by atoms with Crippen molar-refractivity contribution in [1.82, 2.24) is 0 Å². The molecule has 1 aromatic carbocycles. The van der Waals surface area contributed by atoms with Crippen LogP contribution in [0.3, 0.4) is 0 Å². The minimum Gasteiger partial charge on any atom is -0.398 e. The zero-order valence-electron chi connectivity index (χ0n) is 12.3. The van der Waals surface area contributed by atoms with E-state index in [4.69, 9.17) is 23.8 Å². The highest BCUT2D eigenvalue weighted by molar-refractivity contribution is 6.36. The molecule has 0 atom stereocenters. The third-order valence-corrected chi connectivity index (χ3v) is 2.93. The number of rotatable bonds is 2. The molecule has 0 aliphatic rings. The summed E-state index contributed by atoms with van der Waals surface area (Å²) in [5.41, 5.74) is 5.75. The Morgan fingerprint density at radius 3 is 1.95 bits per heavy atom. The summed E-state index contributed by atoms with van der Waals surface area (Å²) in [7, 11) is 7.32. The van der Waals surface area contributed by atoms with Crippen molar-refractivity contribution in [2.45, 2.75) is 38.9 Å². The number of aliphatic imine (C=N–C) groups is 1. The summed E-state index contributed by atoms with van der Waals surface area (Å²) in [6, 6.07) is 5.42. The molecule has 0 bridgehead atoms. The fourth-order valence-corrected chi connectivity index (χ4v) is 0.880. The number of anilines is 1. The van der Waals surface area contributed by atoms with E-state index in [-0.39, 0.29) is 0 Å². The van der Waals surface area contributed by atoms with E-state index in [0.29, 0.717) is 11.2 Å². The molecule has 104 valence electrons. The molecule has 0 aliphatic carbocycles. The first kappa shape index (κ1) is 17.7. The van der Waals surface area contributed by atoms with E-state index in [9.17, 15) is 0 Å². The third kappa shape index (κ3) is 5.90. The Morgan fingerprint density at radius 2 is 1.63 bits per heavy atom. The lowest BCUT2D eigenvalue weighted by Gasteiger charge is -2.31. The molecule has 0 unspecified atom stereocenters. The largest absolute Gasteiger partial charge is 0.398 e. The predicted molar refractivity (Wildman–Crippen MR) is 82.4 cm³/mol. The molecule has 1 rings (SSSR count). The lowest BCUT2D eigenvalue weighted by molar-refractivity contribution is -0.107. The van der Waals surface area contributed by atoms with Gasteiger partial charge in [0, 0.05) is 24.5 Å². The van der Waals surface area contributed by atoms with Crippen LogP contribution < -0.4 is 11.2 Å². The van der Waals surface area contributed by atoms with Gasteiger partial charge in [-0.05, 0) is 33.8 Å². The van der Waals surface area contributed by atoms with Crippen molar-refractivity contribution >= 4 is 25.2 Å². The van der Waals surface area contributed by atoms with Crippen molar-refractivity contribution in [3.8, 4) is 0 Å². The van der Waals surface area contributed by atoms with Crippen LogP contribution >= 0.6 is 0 Å². The molecule has 0 heterocycles. The molecule has 4 nitrogen and oxygen atoms in total. The van der Waals surface area contributed by atoms with Crippen molar-refractivity contribution in [3.05, 3.63) is 23.8 Å². The first-order valence-corrected chi connectivity index (χ1v) is 6.01. The molecule has 0 saturated heterocycles. The fourth-order valence-electron chi connectivity index (χ4n) is 0.880. The molecule has 4 N–H and O–H groups in total. The van der Waals surface area contributed by atoms with E-state index < -0.39 is 11.2 Å². The molecule has 0 fully saturated rings. The highest BCUT2D eigenvalue weighted by Crippen LogP contribution is 2.19. The summed E-state index contributed by atoms with van der Waals surface area (Å²) in [6.07, 6.45) is 1.66. The Bertz CT molecular complexity index is 400. The summed E-state index contributed by atoms with van der Waals surface area (Å²) in [6.45, 7) is 6.31. The van der Waals surface area contributed by atoms with Crippen LogP contribution in [0.4, 0.5) is 5.69 Å². The van der Waals surface area contributed by atoms with Crippen molar-refractivity contribution in [1.29, 1.82) is 0 Å². The summed E-state index contributed by atoms with van der Waals surface area (Å²) in [5, 5.41) is 18.2. The van der Waals surface area contributed by atoms with Gasteiger partial charge in [-0.15, -0.1) is 0 Å². The monoisotopic (exact) mass is 262 g/mol.